The van der Waals surface area contributed by atoms with Gasteiger partial charge in [-0.15, -0.1) is 0 Å². The number of fused-ring (bicyclic) bond motifs is 2. The molecule has 0 radical (unpaired) electrons. The van der Waals surface area contributed by atoms with Crippen molar-refractivity contribution in [2.45, 2.75) is 82.3 Å². The zero-order valence-corrected chi connectivity index (χ0v) is 39.2. The number of pyridine rings is 1. The molecule has 0 spiro atoms. The van der Waals surface area contributed by atoms with Crippen molar-refractivity contribution in [1.29, 1.82) is 0 Å². The van der Waals surface area contributed by atoms with E-state index in [0.717, 1.165) is 93.8 Å². The van der Waals surface area contributed by atoms with Gasteiger partial charge in [0.1, 0.15) is 22.8 Å². The molecule has 4 N–H and O–H groups in total. The van der Waals surface area contributed by atoms with Crippen LogP contribution in [0.5, 0.6) is 11.5 Å². The lowest BCUT2D eigenvalue weighted by molar-refractivity contribution is -0.384. The van der Waals surface area contributed by atoms with Crippen LogP contribution in [-0.4, -0.2) is 108 Å². The topological polar surface area (TPSA) is 186 Å². The number of allylic oxidation sites excluding steroid dienone is 1. The predicted octanol–water partition coefficient (Wildman–Crippen LogP) is 8.39. The third kappa shape index (κ3) is 10.2. The number of benzene rings is 3. The van der Waals surface area contributed by atoms with E-state index in [4.69, 9.17) is 16.3 Å². The highest BCUT2D eigenvalue weighted by molar-refractivity contribution is 7.90. The van der Waals surface area contributed by atoms with Crippen molar-refractivity contribution in [3.63, 3.8) is 0 Å². The van der Waals surface area contributed by atoms with Gasteiger partial charge < -0.3 is 29.9 Å². The average Bonchev–Trinajstić information content (AvgIpc) is 3.93. The molecular formula is C49H57ClN8O7S. The maximum absolute atomic E-state index is 14.1. The van der Waals surface area contributed by atoms with E-state index in [1.54, 1.807) is 30.5 Å². The maximum Gasteiger partial charge on any atom is 0.293 e. The van der Waals surface area contributed by atoms with E-state index < -0.39 is 26.5 Å². The Morgan fingerprint density at radius 1 is 0.985 bits per heavy atom. The minimum Gasteiger partial charge on any atom is -0.455 e. The number of aromatic amines is 1. The SMILES string of the molecule is CC1(C)CCC(CN2CCN(c3ccc(C(=O)NS(=O)(=O)c4cc5c(c([N+](=O)[O-])c4)N[C@@H](CCN4CCC(C)(O)CC4)C5)c(Oc4cnc5[nH]ccc5c4)c3)CC2)=C(c2ccc(Cl)cc2)C1. The lowest BCUT2D eigenvalue weighted by atomic mass is 9.72. The molecule has 5 heterocycles. The van der Waals surface area contributed by atoms with Crippen molar-refractivity contribution >= 4 is 61.2 Å². The van der Waals surface area contributed by atoms with E-state index >= 15 is 0 Å². The molecule has 9 rings (SSSR count). The quantitative estimate of drug-likeness (QED) is 0.0654. The summed E-state index contributed by atoms with van der Waals surface area (Å²) in [6, 6.07) is 19.2. The molecule has 3 aromatic carbocycles. The van der Waals surface area contributed by atoms with Gasteiger partial charge in [-0.3, -0.25) is 19.8 Å². The highest BCUT2D eigenvalue weighted by Gasteiger charge is 2.35. The normalized spacial score (nSPS) is 20.0. The molecule has 2 aromatic heterocycles. The lowest BCUT2D eigenvalue weighted by Crippen LogP contribution is -2.47. The Hall–Kier alpha value is -5.52. The number of carbonyl (C=O) groups excluding carboxylic acids is 1. The number of nitrogens with one attached hydrogen (secondary N) is 3. The van der Waals surface area contributed by atoms with Gasteiger partial charge in [0.2, 0.25) is 0 Å². The maximum atomic E-state index is 14.1. The van der Waals surface area contributed by atoms with Crippen molar-refractivity contribution in [3.8, 4) is 11.5 Å². The number of likely N-dealkylation sites (tertiary alicyclic amines) is 1. The van der Waals surface area contributed by atoms with Crippen molar-refractivity contribution in [3.05, 3.63) is 117 Å². The standard InChI is InChI=1S/C49H57ClN8O7S/c1-48(2)13-10-34(42(29-48)32-4-6-36(50)7-5-32)31-56-20-22-57(23-21-56)38-8-9-41(44(27-38)65-39-25-33-11-16-51-46(33)52-30-39)47(59)54-66(63,64)40-26-35-24-37(53-45(35)43(28-40)58(61)62)12-17-55-18-14-49(3,60)15-19-55/h4-9,11,16,25-28,30,37,53,60H,10,12-15,17-24,29,31H2,1-3H3,(H,51,52)(H,54,59)/t37-/m0/s1. The van der Waals surface area contributed by atoms with Crippen molar-refractivity contribution < 1.29 is 28.0 Å². The number of carbonyl (C=O) groups is 1. The molecule has 0 unspecified atom stereocenters. The van der Waals surface area contributed by atoms with E-state index in [0.29, 0.717) is 42.6 Å². The molecule has 2 saturated heterocycles. The number of ether oxygens (including phenoxy) is 1. The number of halogens is 1. The van der Waals surface area contributed by atoms with Gasteiger partial charge in [0, 0.05) is 92.8 Å². The molecule has 1 aliphatic carbocycles. The van der Waals surface area contributed by atoms with E-state index in [1.165, 1.54) is 29.0 Å². The Balaban J connectivity index is 0.920. The molecule has 0 saturated carbocycles. The van der Waals surface area contributed by atoms with E-state index in [-0.39, 0.29) is 39.0 Å². The van der Waals surface area contributed by atoms with Gasteiger partial charge in [0.05, 0.1) is 27.2 Å². The smallest absolute Gasteiger partial charge is 0.293 e. The number of nitro benzene ring substituents is 1. The fourth-order valence-corrected chi connectivity index (χ4v) is 11.0. The summed E-state index contributed by atoms with van der Waals surface area (Å²) < 4.78 is 36.5. The Labute approximate surface area is 390 Å². The summed E-state index contributed by atoms with van der Waals surface area (Å²) in [6.45, 7) is 12.7. The number of rotatable bonds is 13. The summed E-state index contributed by atoms with van der Waals surface area (Å²) in [6.07, 6.45) is 8.88. The van der Waals surface area contributed by atoms with Gasteiger partial charge in [-0.25, -0.2) is 18.1 Å². The second-order valence-electron chi connectivity index (χ2n) is 19.4. The second kappa shape index (κ2) is 18.3. The van der Waals surface area contributed by atoms with Gasteiger partial charge in [0.15, 0.2) is 0 Å². The van der Waals surface area contributed by atoms with Gasteiger partial charge >= 0.3 is 0 Å². The van der Waals surface area contributed by atoms with E-state index in [2.05, 4.69) is 60.7 Å². The monoisotopic (exact) mass is 936 g/mol. The van der Waals surface area contributed by atoms with Gasteiger partial charge in [-0.05, 0) is 116 Å². The number of aromatic nitrogens is 2. The van der Waals surface area contributed by atoms with Gasteiger partial charge in [-0.2, -0.15) is 0 Å². The van der Waals surface area contributed by atoms with Crippen molar-refractivity contribution in [2.24, 2.45) is 5.41 Å². The van der Waals surface area contributed by atoms with E-state index in [9.17, 15) is 28.4 Å². The molecule has 5 aromatic rings. The first-order valence-electron chi connectivity index (χ1n) is 22.8. The summed E-state index contributed by atoms with van der Waals surface area (Å²) >= 11 is 6.25. The van der Waals surface area contributed by atoms with Crippen LogP contribution in [0.25, 0.3) is 16.6 Å². The van der Waals surface area contributed by atoms with Crippen LogP contribution in [0.3, 0.4) is 0 Å². The number of amides is 1. The minimum atomic E-state index is -4.59. The number of hydrogen-bond acceptors (Lipinski definition) is 12. The zero-order chi connectivity index (χ0) is 46.4. The highest BCUT2D eigenvalue weighted by Crippen LogP contribution is 2.44. The van der Waals surface area contributed by atoms with Crippen molar-refractivity contribution in [1.82, 2.24) is 24.5 Å². The van der Waals surface area contributed by atoms with Crippen LogP contribution >= 0.6 is 11.6 Å². The molecular weight excluding hydrogens is 880 g/mol. The molecule has 1 atom stereocenters. The average molecular weight is 938 g/mol. The number of nitro groups is 1. The molecule has 2 fully saturated rings. The van der Waals surface area contributed by atoms with Gasteiger partial charge in [0.25, 0.3) is 21.6 Å². The largest absolute Gasteiger partial charge is 0.455 e. The first-order valence-corrected chi connectivity index (χ1v) is 24.6. The molecule has 17 heteroatoms. The first-order chi connectivity index (χ1) is 31.5. The molecule has 1 amide bonds. The number of sulfonamides is 1. The molecule has 0 bridgehead atoms. The Bertz CT molecular complexity index is 2790. The fourth-order valence-electron chi connectivity index (χ4n) is 9.79. The van der Waals surface area contributed by atoms with Crippen LogP contribution in [-0.2, 0) is 16.4 Å². The summed E-state index contributed by atoms with van der Waals surface area (Å²) in [5.41, 5.74) is 5.49. The molecule has 4 aliphatic rings. The number of H-pyrrole nitrogens is 1. The fraction of sp³-hybridized carbons (Fsp3) is 0.429. The van der Waals surface area contributed by atoms with Crippen LogP contribution in [0.2, 0.25) is 5.02 Å². The number of piperazine rings is 1. The Morgan fingerprint density at radius 2 is 1.74 bits per heavy atom. The molecule has 15 nitrogen and oxygen atoms in total. The number of hydrogen-bond donors (Lipinski definition) is 4. The highest BCUT2D eigenvalue weighted by atomic mass is 35.5. The summed E-state index contributed by atoms with van der Waals surface area (Å²) in [7, 11) is -4.59. The van der Waals surface area contributed by atoms with Crippen LogP contribution in [0.15, 0.2) is 89.6 Å². The van der Waals surface area contributed by atoms with E-state index in [1.807, 2.05) is 25.1 Å². The molecule has 66 heavy (non-hydrogen) atoms. The van der Waals surface area contributed by atoms with Gasteiger partial charge in [-0.1, -0.05) is 43.2 Å². The summed E-state index contributed by atoms with van der Waals surface area (Å²) in [4.78, 5) is 39.9. The lowest BCUT2D eigenvalue weighted by Gasteiger charge is -2.39. The number of aliphatic hydroxyl groups is 1. The second-order valence-corrected chi connectivity index (χ2v) is 21.5. The third-order valence-electron chi connectivity index (χ3n) is 13.8. The van der Waals surface area contributed by atoms with Crippen LogP contribution in [0, 0.1) is 15.5 Å². The first kappa shape index (κ1) is 45.6. The molecule has 348 valence electrons. The summed E-state index contributed by atoms with van der Waals surface area (Å²) in [5.74, 6) is -0.465. The van der Waals surface area contributed by atoms with Crippen LogP contribution < -0.4 is 19.7 Å². The number of piperidine rings is 1. The third-order valence-corrected chi connectivity index (χ3v) is 15.4. The summed E-state index contributed by atoms with van der Waals surface area (Å²) in [5, 5.41) is 27.4. The minimum absolute atomic E-state index is 0.0337. The zero-order valence-electron chi connectivity index (χ0n) is 37.6. The number of anilines is 2. The molecule has 3 aliphatic heterocycles. The predicted molar refractivity (Wildman–Crippen MR) is 257 cm³/mol. The number of nitrogens with zero attached hydrogens (tertiary/aromatic N) is 5. The van der Waals surface area contributed by atoms with Crippen molar-refractivity contribution in [2.75, 3.05) is 62.6 Å². The Morgan fingerprint density at radius 3 is 2.48 bits per heavy atom. The van der Waals surface area contributed by atoms with Crippen LogP contribution in [0.4, 0.5) is 17.1 Å². The Kier molecular flexibility index (Phi) is 12.6. The van der Waals surface area contributed by atoms with Crippen LogP contribution in [0.1, 0.15) is 80.8 Å².